The van der Waals surface area contributed by atoms with Crippen molar-refractivity contribution in [2.75, 3.05) is 37.5 Å². The SMILES string of the molecule is COC(=O)CCN(CCC(=O)OC)c1ccc(N=Nc2c(C#N)cc([N+](=O)[O-])cc2[N+](=O)[O-])c(NC(C)=O)c1. The summed E-state index contributed by atoms with van der Waals surface area (Å²) >= 11 is 0. The average Bonchev–Trinajstić information content (AvgIpc) is 2.90. The third-order valence-electron chi connectivity index (χ3n) is 5.14. The van der Waals surface area contributed by atoms with Crippen LogP contribution in [-0.2, 0) is 23.9 Å². The molecule has 0 aliphatic heterocycles. The maximum atomic E-state index is 11.9. The van der Waals surface area contributed by atoms with E-state index in [1.54, 1.807) is 17.0 Å². The summed E-state index contributed by atoms with van der Waals surface area (Å²) in [6, 6.07) is 7.57. The molecule has 2 rings (SSSR count). The molecule has 0 bridgehead atoms. The van der Waals surface area contributed by atoms with Crippen molar-refractivity contribution in [2.24, 2.45) is 10.2 Å². The average molecular weight is 541 g/mol. The summed E-state index contributed by atoms with van der Waals surface area (Å²) in [4.78, 5) is 57.7. The van der Waals surface area contributed by atoms with E-state index in [-0.39, 0.29) is 37.3 Å². The van der Waals surface area contributed by atoms with Crippen LogP contribution in [0.4, 0.5) is 34.1 Å². The van der Waals surface area contributed by atoms with Gasteiger partial charge in [-0.2, -0.15) is 5.26 Å². The molecule has 0 aliphatic rings. The highest BCUT2D eigenvalue weighted by Crippen LogP contribution is 2.38. The minimum atomic E-state index is -0.930. The van der Waals surface area contributed by atoms with Crippen LogP contribution in [0.5, 0.6) is 0 Å². The maximum Gasteiger partial charge on any atom is 0.307 e. The molecule has 0 aliphatic carbocycles. The molecule has 0 heterocycles. The van der Waals surface area contributed by atoms with Gasteiger partial charge in [0.1, 0.15) is 11.8 Å². The van der Waals surface area contributed by atoms with Gasteiger partial charge in [-0.1, -0.05) is 0 Å². The first kappa shape index (κ1) is 29.8. The molecular weight excluding hydrogens is 518 g/mol. The molecule has 0 saturated carbocycles. The summed E-state index contributed by atoms with van der Waals surface area (Å²) in [6.07, 6.45) is -0.00923. The second-order valence-electron chi connectivity index (χ2n) is 7.71. The van der Waals surface area contributed by atoms with Crippen molar-refractivity contribution in [1.29, 1.82) is 5.26 Å². The number of esters is 2. The number of nitriles is 1. The van der Waals surface area contributed by atoms with Gasteiger partial charge < -0.3 is 19.7 Å². The number of non-ortho nitro benzene ring substituents is 1. The monoisotopic (exact) mass is 541 g/mol. The van der Waals surface area contributed by atoms with Gasteiger partial charge in [0, 0.05) is 31.8 Å². The molecule has 204 valence electrons. The highest BCUT2D eigenvalue weighted by molar-refractivity contribution is 5.93. The fourth-order valence-electron chi connectivity index (χ4n) is 3.27. The van der Waals surface area contributed by atoms with Crippen molar-refractivity contribution in [3.63, 3.8) is 0 Å². The van der Waals surface area contributed by atoms with Gasteiger partial charge in [-0.05, 0) is 18.2 Å². The maximum absolute atomic E-state index is 11.9. The number of nitro groups is 2. The van der Waals surface area contributed by atoms with Crippen molar-refractivity contribution in [3.8, 4) is 6.07 Å². The number of amides is 1. The smallest absolute Gasteiger partial charge is 0.307 e. The van der Waals surface area contributed by atoms with Crippen LogP contribution in [0, 0.1) is 31.6 Å². The van der Waals surface area contributed by atoms with Crippen molar-refractivity contribution >= 4 is 52.0 Å². The minimum absolute atomic E-state index is 0.00461. The van der Waals surface area contributed by atoms with Gasteiger partial charge in [0.25, 0.3) is 5.69 Å². The summed E-state index contributed by atoms with van der Waals surface area (Å²) < 4.78 is 9.34. The van der Waals surface area contributed by atoms with Crippen molar-refractivity contribution in [1.82, 2.24) is 0 Å². The lowest BCUT2D eigenvalue weighted by atomic mass is 10.1. The van der Waals surface area contributed by atoms with Crippen LogP contribution in [0.25, 0.3) is 0 Å². The number of carbonyl (C=O) groups is 3. The normalized spacial score (nSPS) is 10.4. The molecule has 0 atom stereocenters. The van der Waals surface area contributed by atoms with Crippen molar-refractivity contribution in [3.05, 3.63) is 56.1 Å². The van der Waals surface area contributed by atoms with Gasteiger partial charge >= 0.3 is 17.6 Å². The van der Waals surface area contributed by atoms with Crippen LogP contribution >= 0.6 is 0 Å². The number of nitrogens with one attached hydrogen (secondary N) is 1. The Bertz CT molecular complexity index is 1350. The molecule has 0 unspecified atom stereocenters. The van der Waals surface area contributed by atoms with Crippen LogP contribution in [-0.4, -0.2) is 55.0 Å². The second kappa shape index (κ2) is 13.7. The van der Waals surface area contributed by atoms with E-state index in [0.29, 0.717) is 11.8 Å². The lowest BCUT2D eigenvalue weighted by Gasteiger charge is -2.25. The molecule has 16 heteroatoms. The van der Waals surface area contributed by atoms with E-state index in [1.165, 1.54) is 33.3 Å². The number of hydrogen-bond acceptors (Lipinski definition) is 13. The number of rotatable bonds is 12. The third-order valence-corrected chi connectivity index (χ3v) is 5.14. The molecule has 16 nitrogen and oxygen atoms in total. The zero-order chi connectivity index (χ0) is 29.1. The number of hydrogen-bond donors (Lipinski definition) is 1. The van der Waals surface area contributed by atoms with E-state index >= 15 is 0 Å². The summed E-state index contributed by atoms with van der Waals surface area (Å²) in [5.41, 5.74) is -1.81. The van der Waals surface area contributed by atoms with Gasteiger partial charge in [-0.15, -0.1) is 10.2 Å². The van der Waals surface area contributed by atoms with E-state index in [1.807, 2.05) is 0 Å². The van der Waals surface area contributed by atoms with Crippen LogP contribution in [0.3, 0.4) is 0 Å². The molecular formula is C23H23N7O9. The van der Waals surface area contributed by atoms with Gasteiger partial charge in [-0.3, -0.25) is 34.6 Å². The van der Waals surface area contributed by atoms with Crippen molar-refractivity contribution in [2.45, 2.75) is 19.8 Å². The number of methoxy groups -OCH3 is 2. The van der Waals surface area contributed by atoms with Gasteiger partial charge in [0.15, 0.2) is 5.69 Å². The Morgan fingerprint density at radius 2 is 1.62 bits per heavy atom. The highest BCUT2D eigenvalue weighted by Gasteiger charge is 2.25. The predicted octanol–water partition coefficient (Wildman–Crippen LogP) is 3.68. The van der Waals surface area contributed by atoms with E-state index in [0.717, 1.165) is 6.07 Å². The molecule has 2 aromatic carbocycles. The minimum Gasteiger partial charge on any atom is -0.469 e. The van der Waals surface area contributed by atoms with E-state index < -0.39 is 50.3 Å². The molecule has 2 aromatic rings. The molecule has 0 saturated heterocycles. The third kappa shape index (κ3) is 8.28. The topological polar surface area (TPSA) is 220 Å². The first-order chi connectivity index (χ1) is 18.5. The number of ether oxygens (including phenoxy) is 2. The summed E-state index contributed by atoms with van der Waals surface area (Å²) in [5.74, 6) is -1.45. The number of nitrogens with zero attached hydrogens (tertiary/aromatic N) is 6. The largest absolute Gasteiger partial charge is 0.469 e. The summed E-state index contributed by atoms with van der Waals surface area (Å²) in [5, 5.41) is 42.3. The fraction of sp³-hybridized carbons (Fsp3) is 0.304. The van der Waals surface area contributed by atoms with E-state index in [9.17, 15) is 39.9 Å². The van der Waals surface area contributed by atoms with Crippen LogP contribution in [0.2, 0.25) is 0 Å². The number of anilines is 2. The van der Waals surface area contributed by atoms with E-state index in [4.69, 9.17) is 0 Å². The second-order valence-corrected chi connectivity index (χ2v) is 7.71. The molecule has 0 radical (unpaired) electrons. The fourth-order valence-corrected chi connectivity index (χ4v) is 3.27. The number of azo groups is 1. The lowest BCUT2D eigenvalue weighted by Crippen LogP contribution is -2.29. The van der Waals surface area contributed by atoms with Crippen LogP contribution in [0.15, 0.2) is 40.6 Å². The number of nitro benzene ring substituents is 2. The van der Waals surface area contributed by atoms with Gasteiger partial charge in [-0.25, -0.2) is 0 Å². The molecule has 0 fully saturated rings. The standard InChI is InChI=1S/C23H23N7O9/c1-14(31)25-19-11-16(28(8-6-21(32)38-2)9-7-22(33)39-3)4-5-18(19)26-27-23-15(13-24)10-17(29(34)35)12-20(23)30(36)37/h4-5,10-12H,6-9H2,1-3H3,(H,25,31). The first-order valence-corrected chi connectivity index (χ1v) is 11.1. The Balaban J connectivity index is 2.55. The first-order valence-electron chi connectivity index (χ1n) is 11.1. The quantitative estimate of drug-likeness (QED) is 0.177. The number of carbonyl (C=O) groups excluding carboxylic acids is 3. The Hall–Kier alpha value is -5.46. The van der Waals surface area contributed by atoms with Gasteiger partial charge in [0.05, 0.1) is 54.2 Å². The Morgan fingerprint density at radius 3 is 2.10 bits per heavy atom. The van der Waals surface area contributed by atoms with E-state index in [2.05, 4.69) is 25.0 Å². The van der Waals surface area contributed by atoms with Crippen LogP contribution in [0.1, 0.15) is 25.3 Å². The molecule has 0 spiro atoms. The zero-order valence-electron chi connectivity index (χ0n) is 21.1. The predicted molar refractivity (Wildman–Crippen MR) is 135 cm³/mol. The number of benzene rings is 2. The highest BCUT2D eigenvalue weighted by atomic mass is 16.6. The zero-order valence-corrected chi connectivity index (χ0v) is 21.1. The van der Waals surface area contributed by atoms with Gasteiger partial charge in [0.2, 0.25) is 5.91 Å². The Morgan fingerprint density at radius 1 is 1.00 bits per heavy atom. The summed E-state index contributed by atoms with van der Waals surface area (Å²) in [7, 11) is 2.48. The Labute approximate surface area is 221 Å². The molecule has 0 aromatic heterocycles. The Kier molecular flexibility index (Phi) is 10.5. The summed E-state index contributed by atoms with van der Waals surface area (Å²) in [6.45, 7) is 1.55. The molecule has 1 N–H and O–H groups in total. The molecule has 1 amide bonds. The van der Waals surface area contributed by atoms with Crippen molar-refractivity contribution < 1.29 is 33.7 Å². The molecule has 39 heavy (non-hydrogen) atoms. The van der Waals surface area contributed by atoms with Crippen LogP contribution < -0.4 is 10.2 Å². The lowest BCUT2D eigenvalue weighted by molar-refractivity contribution is -0.393.